The summed E-state index contributed by atoms with van der Waals surface area (Å²) >= 11 is 0. The van der Waals surface area contributed by atoms with Gasteiger partial charge in [-0.2, -0.15) is 0 Å². The fourth-order valence-electron chi connectivity index (χ4n) is 2.79. The highest BCUT2D eigenvalue weighted by molar-refractivity contribution is 7.84. The monoisotopic (exact) mass is 294 g/mol. The van der Waals surface area contributed by atoms with Crippen LogP contribution in [0.3, 0.4) is 0 Å². The molecule has 1 aliphatic rings. The maximum atomic E-state index is 11.4. The van der Waals surface area contributed by atoms with E-state index in [1.165, 1.54) is 5.56 Å². The first-order chi connectivity index (χ1) is 9.51. The van der Waals surface area contributed by atoms with Gasteiger partial charge in [-0.15, -0.1) is 0 Å². The first-order valence-electron chi connectivity index (χ1n) is 7.36. The zero-order valence-electron chi connectivity index (χ0n) is 12.8. The van der Waals surface area contributed by atoms with E-state index in [0.717, 1.165) is 32.6 Å². The Balaban J connectivity index is 1.96. The van der Waals surface area contributed by atoms with Crippen LogP contribution in [0.4, 0.5) is 0 Å². The van der Waals surface area contributed by atoms with Crippen molar-refractivity contribution in [3.8, 4) is 0 Å². The molecule has 1 N–H and O–H groups in total. The lowest BCUT2D eigenvalue weighted by atomic mass is 9.89. The van der Waals surface area contributed by atoms with Crippen LogP contribution in [0, 0.1) is 0 Å². The molecule has 0 aliphatic carbocycles. The predicted octanol–water partition coefficient (Wildman–Crippen LogP) is 1.96. The molecular formula is C16H26N2OS. The highest BCUT2D eigenvalue weighted by Gasteiger charge is 2.31. The summed E-state index contributed by atoms with van der Waals surface area (Å²) in [6.45, 7) is 8.48. The minimum atomic E-state index is -0.712. The summed E-state index contributed by atoms with van der Waals surface area (Å²) in [6.07, 6.45) is 2.81. The minimum absolute atomic E-state index is 0.0219. The van der Waals surface area contributed by atoms with Gasteiger partial charge in [0.2, 0.25) is 0 Å². The Labute approximate surface area is 125 Å². The Morgan fingerprint density at radius 1 is 1.40 bits per heavy atom. The Morgan fingerprint density at radius 2 is 2.10 bits per heavy atom. The molecule has 1 aromatic rings. The van der Waals surface area contributed by atoms with Crippen LogP contribution in [0.25, 0.3) is 0 Å². The summed E-state index contributed by atoms with van der Waals surface area (Å²) in [6, 6.07) is 10.7. The van der Waals surface area contributed by atoms with Gasteiger partial charge in [0, 0.05) is 41.9 Å². The van der Waals surface area contributed by atoms with Crippen molar-refractivity contribution < 1.29 is 4.21 Å². The van der Waals surface area contributed by atoms with E-state index in [2.05, 4.69) is 54.4 Å². The maximum absolute atomic E-state index is 11.4. The van der Waals surface area contributed by atoms with Crippen molar-refractivity contribution in [3.05, 3.63) is 35.9 Å². The average molecular weight is 294 g/mol. The highest BCUT2D eigenvalue weighted by atomic mass is 32.2. The Kier molecular flexibility index (Phi) is 5.35. The Bertz CT molecular complexity index is 451. The van der Waals surface area contributed by atoms with Gasteiger partial charge in [0.05, 0.1) is 5.54 Å². The molecule has 1 fully saturated rings. The van der Waals surface area contributed by atoms with Crippen molar-refractivity contribution >= 4 is 10.8 Å². The first kappa shape index (κ1) is 15.7. The highest BCUT2D eigenvalue weighted by Crippen LogP contribution is 2.24. The third-order valence-electron chi connectivity index (χ3n) is 4.31. The molecule has 2 rings (SSSR count). The van der Waals surface area contributed by atoms with Crippen molar-refractivity contribution in [1.29, 1.82) is 0 Å². The molecule has 112 valence electrons. The van der Waals surface area contributed by atoms with Crippen molar-refractivity contribution in [2.45, 2.75) is 31.1 Å². The van der Waals surface area contributed by atoms with E-state index in [1.807, 2.05) is 0 Å². The molecule has 1 saturated heterocycles. The lowest BCUT2D eigenvalue weighted by Gasteiger charge is -2.42. The van der Waals surface area contributed by atoms with Gasteiger partial charge in [0.25, 0.3) is 0 Å². The molecule has 0 aromatic heterocycles. The molecule has 0 saturated carbocycles. The molecule has 1 aromatic carbocycles. The lowest BCUT2D eigenvalue weighted by Crippen LogP contribution is -2.56. The van der Waals surface area contributed by atoms with E-state index in [1.54, 1.807) is 6.26 Å². The summed E-state index contributed by atoms with van der Waals surface area (Å²) in [4.78, 5) is 2.49. The predicted molar refractivity (Wildman–Crippen MR) is 86.4 cm³/mol. The second kappa shape index (κ2) is 6.83. The summed E-state index contributed by atoms with van der Waals surface area (Å²) < 4.78 is 11.4. The smallest absolute Gasteiger partial charge is 0.0535 e. The van der Waals surface area contributed by atoms with Crippen LogP contribution in [0.1, 0.15) is 25.8 Å². The molecule has 0 amide bonds. The van der Waals surface area contributed by atoms with Gasteiger partial charge in [-0.25, -0.2) is 0 Å². The van der Waals surface area contributed by atoms with Crippen LogP contribution in [0.5, 0.6) is 0 Å². The SMILES string of the molecule is CC(CCN1CCNC(C)(c2ccccc2)C1)S(C)=O. The van der Waals surface area contributed by atoms with E-state index in [0.29, 0.717) is 0 Å². The number of benzene rings is 1. The van der Waals surface area contributed by atoms with Gasteiger partial charge in [-0.3, -0.25) is 9.11 Å². The summed E-state index contributed by atoms with van der Waals surface area (Å²) in [7, 11) is -0.712. The van der Waals surface area contributed by atoms with Gasteiger partial charge in [-0.1, -0.05) is 37.3 Å². The van der Waals surface area contributed by atoms with E-state index in [4.69, 9.17) is 0 Å². The van der Waals surface area contributed by atoms with Crippen LogP contribution in [-0.4, -0.2) is 46.8 Å². The Morgan fingerprint density at radius 3 is 2.75 bits per heavy atom. The van der Waals surface area contributed by atoms with E-state index >= 15 is 0 Å². The number of rotatable bonds is 5. The quantitative estimate of drug-likeness (QED) is 0.901. The van der Waals surface area contributed by atoms with E-state index < -0.39 is 10.8 Å². The second-order valence-corrected chi connectivity index (χ2v) is 7.80. The zero-order valence-corrected chi connectivity index (χ0v) is 13.6. The zero-order chi connectivity index (χ0) is 14.6. The molecule has 3 atom stereocenters. The summed E-state index contributed by atoms with van der Waals surface area (Å²) in [5.74, 6) is 0. The fraction of sp³-hybridized carbons (Fsp3) is 0.625. The number of hydrogen-bond donors (Lipinski definition) is 1. The first-order valence-corrected chi connectivity index (χ1v) is 8.98. The van der Waals surface area contributed by atoms with Crippen molar-refractivity contribution in [2.24, 2.45) is 0 Å². The largest absolute Gasteiger partial charge is 0.305 e. The number of nitrogens with zero attached hydrogens (tertiary/aromatic N) is 1. The second-order valence-electron chi connectivity index (χ2n) is 6.00. The van der Waals surface area contributed by atoms with Crippen LogP contribution in [0.2, 0.25) is 0 Å². The van der Waals surface area contributed by atoms with Crippen molar-refractivity contribution in [2.75, 3.05) is 32.4 Å². The third kappa shape index (κ3) is 3.90. The minimum Gasteiger partial charge on any atom is -0.305 e. The topological polar surface area (TPSA) is 32.3 Å². The van der Waals surface area contributed by atoms with Gasteiger partial charge < -0.3 is 5.32 Å². The molecule has 0 radical (unpaired) electrons. The third-order valence-corrected chi connectivity index (χ3v) is 5.68. The van der Waals surface area contributed by atoms with Gasteiger partial charge >= 0.3 is 0 Å². The van der Waals surface area contributed by atoms with Crippen molar-refractivity contribution in [3.63, 3.8) is 0 Å². The maximum Gasteiger partial charge on any atom is 0.0535 e. The average Bonchev–Trinajstić information content (AvgIpc) is 2.46. The fourth-order valence-corrected chi connectivity index (χ4v) is 3.23. The van der Waals surface area contributed by atoms with E-state index in [-0.39, 0.29) is 10.8 Å². The Hall–Kier alpha value is -0.710. The van der Waals surface area contributed by atoms with E-state index in [9.17, 15) is 4.21 Å². The number of hydrogen-bond acceptors (Lipinski definition) is 3. The molecule has 0 spiro atoms. The van der Waals surface area contributed by atoms with Crippen LogP contribution in [0.15, 0.2) is 30.3 Å². The lowest BCUT2D eigenvalue weighted by molar-refractivity contribution is 0.141. The van der Waals surface area contributed by atoms with Crippen LogP contribution >= 0.6 is 0 Å². The molecule has 20 heavy (non-hydrogen) atoms. The molecule has 0 bridgehead atoms. The van der Waals surface area contributed by atoms with Crippen LogP contribution < -0.4 is 5.32 Å². The number of nitrogens with one attached hydrogen (secondary N) is 1. The van der Waals surface area contributed by atoms with Gasteiger partial charge in [-0.05, 0) is 25.5 Å². The van der Waals surface area contributed by atoms with Gasteiger partial charge in [0.15, 0.2) is 0 Å². The van der Waals surface area contributed by atoms with Gasteiger partial charge in [0.1, 0.15) is 0 Å². The van der Waals surface area contributed by atoms with Crippen molar-refractivity contribution in [1.82, 2.24) is 10.2 Å². The normalized spacial score (nSPS) is 27.1. The molecule has 1 heterocycles. The van der Waals surface area contributed by atoms with Crippen LogP contribution in [-0.2, 0) is 16.3 Å². The molecule has 4 heteroatoms. The number of piperazine rings is 1. The summed E-state index contributed by atoms with van der Waals surface area (Å²) in [5, 5.41) is 3.94. The molecule has 3 nitrogen and oxygen atoms in total. The summed E-state index contributed by atoms with van der Waals surface area (Å²) in [5.41, 5.74) is 1.37. The molecule has 1 aliphatic heterocycles. The molecule has 3 unspecified atom stereocenters. The standard InChI is InChI=1S/C16H26N2OS/c1-14(20(3)19)9-11-18-12-10-17-16(2,13-18)15-7-5-4-6-8-15/h4-8,14,17H,9-13H2,1-3H3. The molecular weight excluding hydrogens is 268 g/mol.